The van der Waals surface area contributed by atoms with E-state index in [0.717, 1.165) is 70.5 Å². The molecule has 1 saturated heterocycles. The predicted molar refractivity (Wildman–Crippen MR) is 116 cm³/mol. The number of rotatable bonds is 7. The van der Waals surface area contributed by atoms with E-state index >= 15 is 0 Å². The van der Waals surface area contributed by atoms with Crippen molar-refractivity contribution in [3.8, 4) is 22.1 Å². The van der Waals surface area contributed by atoms with Gasteiger partial charge in [0.15, 0.2) is 16.7 Å². The van der Waals surface area contributed by atoms with Gasteiger partial charge >= 0.3 is 0 Å². The van der Waals surface area contributed by atoms with Crippen molar-refractivity contribution in [1.29, 1.82) is 0 Å². The van der Waals surface area contributed by atoms with E-state index in [0.29, 0.717) is 5.92 Å². The summed E-state index contributed by atoms with van der Waals surface area (Å²) >= 11 is 3.32. The summed E-state index contributed by atoms with van der Waals surface area (Å²) in [7, 11) is 0. The average Bonchev–Trinajstić information content (AvgIpc) is 3.52. The molecule has 0 saturated carbocycles. The monoisotopic (exact) mass is 444 g/mol. The first-order valence-corrected chi connectivity index (χ1v) is 12.1. The highest BCUT2D eigenvalue weighted by molar-refractivity contribution is 7.98. The highest BCUT2D eigenvalue weighted by atomic mass is 32.2. The van der Waals surface area contributed by atoms with Crippen molar-refractivity contribution >= 4 is 23.1 Å². The fourth-order valence-electron chi connectivity index (χ4n) is 3.67. The van der Waals surface area contributed by atoms with Crippen LogP contribution in [0.15, 0.2) is 28.7 Å². The Bertz CT molecular complexity index is 1030. The Morgan fingerprint density at radius 1 is 1.23 bits per heavy atom. The molecule has 158 valence electrons. The molecule has 2 aliphatic rings. The van der Waals surface area contributed by atoms with Gasteiger partial charge in [-0.05, 0) is 31.0 Å². The van der Waals surface area contributed by atoms with E-state index in [1.54, 1.807) is 23.1 Å². The number of nitrogens with zero attached hydrogens (tertiary/aromatic N) is 4. The summed E-state index contributed by atoms with van der Waals surface area (Å²) in [5, 5.41) is 12.9. The molecule has 0 aliphatic carbocycles. The molecular weight excluding hydrogens is 420 g/mol. The predicted octanol–water partition coefficient (Wildman–Crippen LogP) is 4.73. The smallest absolute Gasteiger partial charge is 0.231 e. The zero-order valence-corrected chi connectivity index (χ0v) is 18.7. The molecule has 7 nitrogen and oxygen atoms in total. The van der Waals surface area contributed by atoms with Gasteiger partial charge in [-0.15, -0.1) is 21.5 Å². The number of thiazole rings is 1. The molecule has 1 unspecified atom stereocenters. The molecule has 0 radical (unpaired) electrons. The highest BCUT2D eigenvalue weighted by Gasteiger charge is 2.22. The first-order valence-electron chi connectivity index (χ1n) is 10.2. The minimum absolute atomic E-state index is 0.259. The summed E-state index contributed by atoms with van der Waals surface area (Å²) in [5.41, 5.74) is 2.08. The molecule has 5 rings (SSSR count). The maximum atomic E-state index is 5.85. The SMILES string of the molecule is CC(C)c1nnc(SCc2csc(-c3ccc4c(c3)OCO4)n2)n1CC1CCCO1. The Kier molecular flexibility index (Phi) is 5.66. The summed E-state index contributed by atoms with van der Waals surface area (Å²) in [5.74, 6) is 3.67. The van der Waals surface area contributed by atoms with Crippen LogP contribution in [0.4, 0.5) is 0 Å². The van der Waals surface area contributed by atoms with Crippen molar-refractivity contribution in [2.75, 3.05) is 13.4 Å². The molecular formula is C21H24N4O3S2. The Balaban J connectivity index is 1.29. The molecule has 1 fully saturated rings. The summed E-state index contributed by atoms with van der Waals surface area (Å²) in [6, 6.07) is 5.95. The van der Waals surface area contributed by atoms with Crippen molar-refractivity contribution in [2.24, 2.45) is 0 Å². The quantitative estimate of drug-likeness (QED) is 0.488. The molecule has 0 amide bonds. The Hall–Kier alpha value is -2.10. The lowest BCUT2D eigenvalue weighted by atomic mass is 10.2. The second-order valence-electron chi connectivity index (χ2n) is 7.74. The number of hydrogen-bond donors (Lipinski definition) is 0. The number of thioether (sulfide) groups is 1. The van der Waals surface area contributed by atoms with Crippen LogP contribution in [0.2, 0.25) is 0 Å². The van der Waals surface area contributed by atoms with Crippen molar-refractivity contribution in [3.05, 3.63) is 35.1 Å². The molecule has 4 heterocycles. The fourth-order valence-corrected chi connectivity index (χ4v) is 5.44. The van der Waals surface area contributed by atoms with Crippen LogP contribution in [0.25, 0.3) is 10.6 Å². The molecule has 3 aromatic rings. The largest absolute Gasteiger partial charge is 0.454 e. The van der Waals surface area contributed by atoms with Crippen LogP contribution in [-0.2, 0) is 17.0 Å². The standard InChI is InChI=1S/C21H24N4O3S2/c1-13(2)19-23-24-21(25(19)9-16-4-3-7-26-16)30-11-15-10-29-20(22-15)14-5-6-17-18(8-14)28-12-27-17/h5-6,8,10,13,16H,3-4,7,9,11-12H2,1-2H3. The van der Waals surface area contributed by atoms with E-state index in [9.17, 15) is 0 Å². The Morgan fingerprint density at radius 3 is 2.97 bits per heavy atom. The maximum absolute atomic E-state index is 5.85. The van der Waals surface area contributed by atoms with Gasteiger partial charge in [0.05, 0.1) is 18.3 Å². The lowest BCUT2D eigenvalue weighted by Gasteiger charge is -2.15. The first kappa shape index (κ1) is 19.8. The molecule has 0 spiro atoms. The van der Waals surface area contributed by atoms with Gasteiger partial charge in [0.2, 0.25) is 6.79 Å². The Labute approximate surface area is 183 Å². The van der Waals surface area contributed by atoms with Crippen LogP contribution < -0.4 is 9.47 Å². The Morgan fingerprint density at radius 2 is 2.13 bits per heavy atom. The van der Waals surface area contributed by atoms with Gasteiger partial charge in [-0.1, -0.05) is 25.6 Å². The third-order valence-electron chi connectivity index (χ3n) is 5.19. The fraction of sp³-hybridized carbons (Fsp3) is 0.476. The van der Waals surface area contributed by atoms with Gasteiger partial charge in [-0.2, -0.15) is 0 Å². The van der Waals surface area contributed by atoms with E-state index in [1.165, 1.54) is 0 Å². The molecule has 1 aromatic carbocycles. The third kappa shape index (κ3) is 4.06. The molecule has 30 heavy (non-hydrogen) atoms. The van der Waals surface area contributed by atoms with Gasteiger partial charge < -0.3 is 18.8 Å². The zero-order valence-electron chi connectivity index (χ0n) is 17.0. The van der Waals surface area contributed by atoms with Crippen LogP contribution in [0, 0.1) is 0 Å². The number of fused-ring (bicyclic) bond motifs is 1. The van der Waals surface area contributed by atoms with E-state index in [1.807, 2.05) is 18.2 Å². The zero-order chi connectivity index (χ0) is 20.5. The third-order valence-corrected chi connectivity index (χ3v) is 7.13. The maximum Gasteiger partial charge on any atom is 0.231 e. The molecule has 0 bridgehead atoms. The summed E-state index contributed by atoms with van der Waals surface area (Å²) in [6.45, 7) is 6.27. The first-order chi connectivity index (χ1) is 14.7. The molecule has 1 atom stereocenters. The summed E-state index contributed by atoms with van der Waals surface area (Å²) < 4.78 is 19.0. The van der Waals surface area contributed by atoms with E-state index in [-0.39, 0.29) is 12.9 Å². The topological polar surface area (TPSA) is 71.3 Å². The normalized spacial score (nSPS) is 17.9. The van der Waals surface area contributed by atoms with Gasteiger partial charge in [0, 0.05) is 29.2 Å². The highest BCUT2D eigenvalue weighted by Crippen LogP contribution is 2.37. The number of ether oxygens (including phenoxy) is 3. The lowest BCUT2D eigenvalue weighted by Crippen LogP contribution is -2.18. The second-order valence-corrected chi connectivity index (χ2v) is 9.54. The number of hydrogen-bond acceptors (Lipinski definition) is 8. The number of benzene rings is 1. The molecule has 0 N–H and O–H groups in total. The van der Waals surface area contributed by atoms with Crippen LogP contribution in [0.3, 0.4) is 0 Å². The van der Waals surface area contributed by atoms with Crippen molar-refractivity contribution < 1.29 is 14.2 Å². The summed E-state index contributed by atoms with van der Waals surface area (Å²) in [4.78, 5) is 4.82. The van der Waals surface area contributed by atoms with E-state index < -0.39 is 0 Å². The van der Waals surface area contributed by atoms with Crippen LogP contribution in [-0.4, -0.2) is 39.3 Å². The van der Waals surface area contributed by atoms with Crippen LogP contribution >= 0.6 is 23.1 Å². The second kappa shape index (κ2) is 8.56. The van der Waals surface area contributed by atoms with Crippen molar-refractivity contribution in [1.82, 2.24) is 19.7 Å². The molecule has 9 heteroatoms. The minimum Gasteiger partial charge on any atom is -0.454 e. The van der Waals surface area contributed by atoms with Gasteiger partial charge in [-0.25, -0.2) is 4.98 Å². The molecule has 2 aromatic heterocycles. The van der Waals surface area contributed by atoms with Gasteiger partial charge in [-0.3, -0.25) is 0 Å². The molecule has 2 aliphatic heterocycles. The lowest BCUT2D eigenvalue weighted by molar-refractivity contribution is 0.0940. The van der Waals surface area contributed by atoms with Crippen molar-refractivity contribution in [3.63, 3.8) is 0 Å². The van der Waals surface area contributed by atoms with E-state index in [4.69, 9.17) is 19.2 Å². The van der Waals surface area contributed by atoms with Crippen LogP contribution in [0.5, 0.6) is 11.5 Å². The minimum atomic E-state index is 0.259. The summed E-state index contributed by atoms with van der Waals surface area (Å²) in [6.07, 6.45) is 2.49. The van der Waals surface area contributed by atoms with E-state index in [2.05, 4.69) is 34.0 Å². The van der Waals surface area contributed by atoms with Crippen LogP contribution in [0.1, 0.15) is 44.1 Å². The average molecular weight is 445 g/mol. The van der Waals surface area contributed by atoms with Gasteiger partial charge in [0.1, 0.15) is 10.8 Å². The van der Waals surface area contributed by atoms with Gasteiger partial charge in [0.25, 0.3) is 0 Å². The number of aromatic nitrogens is 4. The van der Waals surface area contributed by atoms with Crippen molar-refractivity contribution in [2.45, 2.75) is 56.2 Å².